The van der Waals surface area contributed by atoms with Gasteiger partial charge in [-0.2, -0.15) is 0 Å². The van der Waals surface area contributed by atoms with Gasteiger partial charge in [-0.15, -0.1) is 11.8 Å². The van der Waals surface area contributed by atoms with Crippen LogP contribution in [0.2, 0.25) is 0 Å². The fourth-order valence-electron chi connectivity index (χ4n) is 1.82. The minimum absolute atomic E-state index is 0.155. The van der Waals surface area contributed by atoms with Gasteiger partial charge in [0.1, 0.15) is 6.33 Å². The van der Waals surface area contributed by atoms with E-state index in [0.29, 0.717) is 5.75 Å². The van der Waals surface area contributed by atoms with E-state index in [1.807, 2.05) is 28.8 Å². The lowest BCUT2D eigenvalue weighted by Crippen LogP contribution is -2.09. The van der Waals surface area contributed by atoms with Crippen LogP contribution >= 0.6 is 11.8 Å². The van der Waals surface area contributed by atoms with Crippen LogP contribution in [0.15, 0.2) is 35.5 Å². The number of hydrogen-bond donors (Lipinski definition) is 1. The van der Waals surface area contributed by atoms with E-state index in [1.54, 1.807) is 18.1 Å². The number of carboxylic acids is 1. The Morgan fingerprint density at radius 2 is 2.25 bits per heavy atom. The number of carboxylic acid groups (broad SMARTS) is 1. The summed E-state index contributed by atoms with van der Waals surface area (Å²) in [6.07, 6.45) is 1.58. The van der Waals surface area contributed by atoms with Gasteiger partial charge in [-0.3, -0.25) is 0 Å². The summed E-state index contributed by atoms with van der Waals surface area (Å²) in [4.78, 5) is 16.1. The zero-order valence-electron chi connectivity index (χ0n) is 8.25. The predicted octanol–water partition coefficient (Wildman–Crippen LogP) is 2.18. The molecule has 0 fully saturated rings. The second kappa shape index (κ2) is 3.38. The Morgan fingerprint density at radius 3 is 3.06 bits per heavy atom. The van der Waals surface area contributed by atoms with Crippen LogP contribution < -0.4 is 0 Å². The number of imidazole rings is 1. The molecule has 1 aliphatic rings. The second-order valence-corrected chi connectivity index (χ2v) is 4.49. The molecule has 0 bridgehead atoms. The Labute approximate surface area is 95.9 Å². The van der Waals surface area contributed by atoms with Crippen LogP contribution in [0.4, 0.5) is 0 Å². The maximum Gasteiger partial charge on any atom is 0.356 e. The zero-order valence-corrected chi connectivity index (χ0v) is 9.07. The summed E-state index contributed by atoms with van der Waals surface area (Å²) >= 11 is 1.64. The molecule has 5 heteroatoms. The van der Waals surface area contributed by atoms with Crippen molar-refractivity contribution in [3.05, 3.63) is 42.0 Å². The Balaban J connectivity index is 2.23. The Bertz CT molecular complexity index is 577. The number of benzene rings is 1. The van der Waals surface area contributed by atoms with Gasteiger partial charge < -0.3 is 9.67 Å². The summed E-state index contributed by atoms with van der Waals surface area (Å²) in [5.41, 5.74) is 1.92. The van der Waals surface area contributed by atoms with Crippen molar-refractivity contribution in [1.82, 2.24) is 9.55 Å². The highest BCUT2D eigenvalue weighted by Gasteiger charge is 2.22. The molecule has 0 saturated heterocycles. The molecule has 16 heavy (non-hydrogen) atoms. The third-order valence-corrected chi connectivity index (χ3v) is 3.63. The number of hydrogen-bond acceptors (Lipinski definition) is 3. The maximum absolute atomic E-state index is 11.0. The second-order valence-electron chi connectivity index (χ2n) is 3.47. The van der Waals surface area contributed by atoms with E-state index in [1.165, 1.54) is 0 Å². The molecule has 0 unspecified atom stereocenters. The number of aromatic carboxylic acids is 1. The number of rotatable bonds is 1. The van der Waals surface area contributed by atoms with E-state index >= 15 is 0 Å². The molecule has 2 heterocycles. The van der Waals surface area contributed by atoms with Gasteiger partial charge in [0, 0.05) is 10.6 Å². The number of carbonyl (C=O) groups is 1. The molecule has 80 valence electrons. The average molecular weight is 232 g/mol. The first-order valence-electron chi connectivity index (χ1n) is 4.79. The molecule has 0 amide bonds. The van der Waals surface area contributed by atoms with Gasteiger partial charge in [0.05, 0.1) is 11.4 Å². The first kappa shape index (κ1) is 9.47. The van der Waals surface area contributed by atoms with Crippen molar-refractivity contribution in [2.75, 3.05) is 0 Å². The van der Waals surface area contributed by atoms with Crippen molar-refractivity contribution in [3.8, 4) is 5.69 Å². The third kappa shape index (κ3) is 1.25. The molecule has 1 N–H and O–H groups in total. The van der Waals surface area contributed by atoms with Crippen molar-refractivity contribution in [2.24, 2.45) is 0 Å². The SMILES string of the molecule is O=C(O)c1ncn2c1CSc1ccccc1-2. The number of thioether (sulfide) groups is 1. The normalized spacial score (nSPS) is 13.0. The number of para-hydroxylation sites is 1. The molecule has 0 spiro atoms. The van der Waals surface area contributed by atoms with Crippen LogP contribution in [0.1, 0.15) is 16.2 Å². The van der Waals surface area contributed by atoms with Crippen LogP contribution in [0, 0.1) is 0 Å². The molecule has 1 aromatic heterocycles. The molecule has 3 rings (SSSR count). The van der Waals surface area contributed by atoms with Crippen LogP contribution in [0.25, 0.3) is 5.69 Å². The standard InChI is InChI=1S/C11H8N2O2S/c14-11(15)10-8-5-16-9-4-2-1-3-7(9)13(8)6-12-10/h1-4,6H,5H2,(H,14,15). The van der Waals surface area contributed by atoms with Crippen LogP contribution in [-0.4, -0.2) is 20.6 Å². The van der Waals surface area contributed by atoms with Crippen molar-refractivity contribution < 1.29 is 9.90 Å². The van der Waals surface area contributed by atoms with Gasteiger partial charge in [0.2, 0.25) is 0 Å². The molecule has 4 nitrogen and oxygen atoms in total. The van der Waals surface area contributed by atoms with Gasteiger partial charge in [-0.05, 0) is 12.1 Å². The van der Waals surface area contributed by atoms with Crippen LogP contribution in [0.5, 0.6) is 0 Å². The van der Waals surface area contributed by atoms with E-state index in [-0.39, 0.29) is 5.69 Å². The summed E-state index contributed by atoms with van der Waals surface area (Å²) < 4.78 is 1.86. The summed E-state index contributed by atoms with van der Waals surface area (Å²) in [7, 11) is 0. The van der Waals surface area contributed by atoms with Gasteiger partial charge >= 0.3 is 5.97 Å². The first-order chi connectivity index (χ1) is 7.77. The summed E-state index contributed by atoms with van der Waals surface area (Å²) in [6, 6.07) is 7.92. The molecule has 0 aliphatic carbocycles. The Morgan fingerprint density at radius 1 is 1.44 bits per heavy atom. The fraction of sp³-hybridized carbons (Fsp3) is 0.0909. The van der Waals surface area contributed by atoms with Crippen LogP contribution in [-0.2, 0) is 5.75 Å². The van der Waals surface area contributed by atoms with Gasteiger partial charge in [0.25, 0.3) is 0 Å². The summed E-state index contributed by atoms with van der Waals surface area (Å²) in [5, 5.41) is 8.99. The lowest BCUT2D eigenvalue weighted by molar-refractivity contribution is 0.0690. The van der Waals surface area contributed by atoms with Crippen molar-refractivity contribution in [3.63, 3.8) is 0 Å². The molecular formula is C11H8N2O2S. The Hall–Kier alpha value is -1.75. The van der Waals surface area contributed by atoms with E-state index < -0.39 is 5.97 Å². The van der Waals surface area contributed by atoms with Gasteiger partial charge in [-0.1, -0.05) is 12.1 Å². The van der Waals surface area contributed by atoms with E-state index in [2.05, 4.69) is 4.98 Å². The molecule has 0 saturated carbocycles. The number of nitrogens with zero attached hydrogens (tertiary/aromatic N) is 2. The molecule has 1 aromatic carbocycles. The monoisotopic (exact) mass is 232 g/mol. The number of aromatic nitrogens is 2. The smallest absolute Gasteiger partial charge is 0.356 e. The van der Waals surface area contributed by atoms with Crippen molar-refractivity contribution in [1.29, 1.82) is 0 Å². The molecule has 2 aromatic rings. The fourth-order valence-corrected chi connectivity index (χ4v) is 2.88. The maximum atomic E-state index is 11.0. The minimum atomic E-state index is -0.964. The Kier molecular flexibility index (Phi) is 2.00. The third-order valence-electron chi connectivity index (χ3n) is 2.56. The highest BCUT2D eigenvalue weighted by Crippen LogP contribution is 2.35. The van der Waals surface area contributed by atoms with Gasteiger partial charge in [-0.25, -0.2) is 9.78 Å². The highest BCUT2D eigenvalue weighted by atomic mass is 32.2. The molecule has 0 atom stereocenters. The average Bonchev–Trinajstić information content (AvgIpc) is 2.73. The molecule has 1 aliphatic heterocycles. The summed E-state index contributed by atoms with van der Waals surface area (Å²) in [6.45, 7) is 0. The lowest BCUT2D eigenvalue weighted by Gasteiger charge is -2.18. The van der Waals surface area contributed by atoms with E-state index in [4.69, 9.17) is 5.11 Å². The van der Waals surface area contributed by atoms with Crippen LogP contribution in [0.3, 0.4) is 0 Å². The van der Waals surface area contributed by atoms with Crippen molar-refractivity contribution >= 4 is 17.7 Å². The molecule has 0 radical (unpaired) electrons. The largest absolute Gasteiger partial charge is 0.476 e. The van der Waals surface area contributed by atoms with E-state index in [9.17, 15) is 4.79 Å². The van der Waals surface area contributed by atoms with Crippen molar-refractivity contribution in [2.45, 2.75) is 10.6 Å². The predicted molar refractivity (Wildman–Crippen MR) is 60.1 cm³/mol. The topological polar surface area (TPSA) is 55.1 Å². The lowest BCUT2D eigenvalue weighted by atomic mass is 10.3. The summed E-state index contributed by atoms with van der Waals surface area (Å²) in [5.74, 6) is -0.313. The zero-order chi connectivity index (χ0) is 11.1. The molecular weight excluding hydrogens is 224 g/mol. The van der Waals surface area contributed by atoms with E-state index in [0.717, 1.165) is 16.3 Å². The highest BCUT2D eigenvalue weighted by molar-refractivity contribution is 7.98. The minimum Gasteiger partial charge on any atom is -0.476 e. The number of fused-ring (bicyclic) bond motifs is 3. The quantitative estimate of drug-likeness (QED) is 0.818. The first-order valence-corrected chi connectivity index (χ1v) is 5.77. The van der Waals surface area contributed by atoms with Gasteiger partial charge in [0.15, 0.2) is 5.69 Å².